The molecule has 0 bridgehead atoms. The Balaban J connectivity index is 2.43. The number of hydrogen-bond donors (Lipinski definition) is 2. The molecule has 0 spiro atoms. The normalized spacial score (nSPS) is 10.4. The predicted molar refractivity (Wildman–Crippen MR) is 74.8 cm³/mol. The van der Waals surface area contributed by atoms with Crippen molar-refractivity contribution >= 4 is 11.7 Å². The lowest BCUT2D eigenvalue weighted by Crippen LogP contribution is -2.25. The standard InChI is InChI=1S/C14H23N3O/c1-4-8-15-13-6-5-12(10-17-13)14(18)16-9-7-11(2)3/h5-6,10-11H,4,7-9H2,1-3H3,(H,15,17)(H,16,18). The number of pyridine rings is 1. The zero-order valence-electron chi connectivity index (χ0n) is 11.5. The van der Waals surface area contributed by atoms with Crippen LogP contribution < -0.4 is 10.6 Å². The summed E-state index contributed by atoms with van der Waals surface area (Å²) in [5.41, 5.74) is 0.612. The number of rotatable bonds is 7. The van der Waals surface area contributed by atoms with Gasteiger partial charge in [-0.25, -0.2) is 4.98 Å². The predicted octanol–water partition coefficient (Wildman–Crippen LogP) is 2.68. The van der Waals surface area contributed by atoms with Gasteiger partial charge in [-0.2, -0.15) is 0 Å². The SMILES string of the molecule is CCCNc1ccc(C(=O)NCCC(C)C)cn1. The molecule has 1 aromatic rings. The van der Waals surface area contributed by atoms with Crippen LogP contribution in [0, 0.1) is 5.92 Å². The molecule has 1 aromatic heterocycles. The second-order valence-corrected chi connectivity index (χ2v) is 4.80. The number of nitrogens with one attached hydrogen (secondary N) is 2. The highest BCUT2D eigenvalue weighted by molar-refractivity contribution is 5.93. The van der Waals surface area contributed by atoms with Crippen molar-refractivity contribution in [2.75, 3.05) is 18.4 Å². The van der Waals surface area contributed by atoms with Crippen LogP contribution in [-0.2, 0) is 0 Å². The van der Waals surface area contributed by atoms with Crippen molar-refractivity contribution in [1.29, 1.82) is 0 Å². The number of carbonyl (C=O) groups excluding carboxylic acids is 1. The summed E-state index contributed by atoms with van der Waals surface area (Å²) < 4.78 is 0. The van der Waals surface area contributed by atoms with Crippen molar-refractivity contribution < 1.29 is 4.79 Å². The number of anilines is 1. The fraction of sp³-hybridized carbons (Fsp3) is 0.571. The molecule has 4 heteroatoms. The second-order valence-electron chi connectivity index (χ2n) is 4.80. The van der Waals surface area contributed by atoms with Crippen molar-refractivity contribution in [3.8, 4) is 0 Å². The van der Waals surface area contributed by atoms with Gasteiger partial charge in [0.25, 0.3) is 5.91 Å². The largest absolute Gasteiger partial charge is 0.370 e. The first kappa shape index (κ1) is 14.5. The molecule has 18 heavy (non-hydrogen) atoms. The van der Waals surface area contributed by atoms with Gasteiger partial charge in [0, 0.05) is 19.3 Å². The second kappa shape index (κ2) is 7.69. The molecule has 0 aliphatic rings. The Labute approximate surface area is 109 Å². The molecule has 1 rings (SSSR count). The number of hydrogen-bond acceptors (Lipinski definition) is 3. The van der Waals surface area contributed by atoms with E-state index in [1.54, 1.807) is 12.3 Å². The zero-order chi connectivity index (χ0) is 13.4. The highest BCUT2D eigenvalue weighted by Gasteiger charge is 2.05. The van der Waals surface area contributed by atoms with Crippen LogP contribution in [0.25, 0.3) is 0 Å². The van der Waals surface area contributed by atoms with Gasteiger partial charge in [0.05, 0.1) is 5.56 Å². The Morgan fingerprint density at radius 3 is 2.67 bits per heavy atom. The van der Waals surface area contributed by atoms with E-state index in [-0.39, 0.29) is 5.91 Å². The van der Waals surface area contributed by atoms with Crippen molar-refractivity contribution in [3.05, 3.63) is 23.9 Å². The molecule has 4 nitrogen and oxygen atoms in total. The van der Waals surface area contributed by atoms with Crippen LogP contribution in [0.5, 0.6) is 0 Å². The van der Waals surface area contributed by atoms with Gasteiger partial charge in [0.2, 0.25) is 0 Å². The Morgan fingerprint density at radius 1 is 1.33 bits per heavy atom. The lowest BCUT2D eigenvalue weighted by atomic mass is 10.1. The van der Waals surface area contributed by atoms with Crippen LogP contribution in [0.3, 0.4) is 0 Å². The molecule has 0 radical (unpaired) electrons. The summed E-state index contributed by atoms with van der Waals surface area (Å²) >= 11 is 0. The van der Waals surface area contributed by atoms with Gasteiger partial charge in [-0.05, 0) is 30.9 Å². The Kier molecular flexibility index (Phi) is 6.19. The third kappa shape index (κ3) is 5.17. The summed E-state index contributed by atoms with van der Waals surface area (Å²) in [4.78, 5) is 16.0. The molecule has 0 aliphatic carbocycles. The van der Waals surface area contributed by atoms with Gasteiger partial charge >= 0.3 is 0 Å². The molecule has 0 unspecified atom stereocenters. The van der Waals surface area contributed by atoms with Gasteiger partial charge in [-0.15, -0.1) is 0 Å². The van der Waals surface area contributed by atoms with E-state index in [0.29, 0.717) is 18.0 Å². The molecule has 0 aliphatic heterocycles. The lowest BCUT2D eigenvalue weighted by molar-refractivity contribution is 0.0951. The molecule has 1 heterocycles. The minimum Gasteiger partial charge on any atom is -0.370 e. The maximum absolute atomic E-state index is 11.8. The molecule has 100 valence electrons. The van der Waals surface area contributed by atoms with Crippen LogP contribution in [-0.4, -0.2) is 24.0 Å². The van der Waals surface area contributed by atoms with E-state index in [2.05, 4.69) is 36.4 Å². The fourth-order valence-electron chi connectivity index (χ4n) is 1.46. The molecule has 0 fully saturated rings. The molecule has 0 atom stereocenters. The lowest BCUT2D eigenvalue weighted by Gasteiger charge is -2.08. The monoisotopic (exact) mass is 249 g/mol. The van der Waals surface area contributed by atoms with Crippen LogP contribution in [0.4, 0.5) is 5.82 Å². The smallest absolute Gasteiger partial charge is 0.252 e. The van der Waals surface area contributed by atoms with Gasteiger partial charge in [0.15, 0.2) is 0 Å². The van der Waals surface area contributed by atoms with Crippen LogP contribution in [0.1, 0.15) is 44.0 Å². The summed E-state index contributed by atoms with van der Waals surface area (Å²) in [6, 6.07) is 3.64. The minimum absolute atomic E-state index is 0.0507. The first-order valence-electron chi connectivity index (χ1n) is 6.61. The van der Waals surface area contributed by atoms with Crippen LogP contribution >= 0.6 is 0 Å². The maximum Gasteiger partial charge on any atom is 0.252 e. The van der Waals surface area contributed by atoms with Gasteiger partial charge in [-0.3, -0.25) is 4.79 Å². The van der Waals surface area contributed by atoms with E-state index < -0.39 is 0 Å². The average molecular weight is 249 g/mol. The molecule has 2 N–H and O–H groups in total. The summed E-state index contributed by atoms with van der Waals surface area (Å²) in [7, 11) is 0. The first-order valence-corrected chi connectivity index (χ1v) is 6.61. The summed E-state index contributed by atoms with van der Waals surface area (Å²) in [5.74, 6) is 1.37. The number of nitrogens with zero attached hydrogens (tertiary/aromatic N) is 1. The van der Waals surface area contributed by atoms with Crippen molar-refractivity contribution in [3.63, 3.8) is 0 Å². The van der Waals surface area contributed by atoms with Gasteiger partial charge in [0.1, 0.15) is 5.82 Å². The Bertz CT molecular complexity index is 360. The van der Waals surface area contributed by atoms with Crippen molar-refractivity contribution in [2.24, 2.45) is 5.92 Å². The summed E-state index contributed by atoms with van der Waals surface area (Å²) in [5, 5.41) is 6.07. The highest BCUT2D eigenvalue weighted by Crippen LogP contribution is 2.05. The number of carbonyl (C=O) groups is 1. The molecule has 0 aromatic carbocycles. The summed E-state index contributed by atoms with van der Waals surface area (Å²) in [6.45, 7) is 7.99. The number of aromatic nitrogens is 1. The quantitative estimate of drug-likeness (QED) is 0.781. The molecule has 1 amide bonds. The Hall–Kier alpha value is -1.58. The van der Waals surface area contributed by atoms with E-state index in [0.717, 1.165) is 25.2 Å². The van der Waals surface area contributed by atoms with E-state index in [1.165, 1.54) is 0 Å². The van der Waals surface area contributed by atoms with Crippen LogP contribution in [0.15, 0.2) is 18.3 Å². The maximum atomic E-state index is 11.8. The molecule has 0 saturated heterocycles. The topological polar surface area (TPSA) is 54.0 Å². The first-order chi connectivity index (χ1) is 8.63. The molecular weight excluding hydrogens is 226 g/mol. The van der Waals surface area contributed by atoms with E-state index in [9.17, 15) is 4.79 Å². The molecular formula is C14H23N3O. The van der Waals surface area contributed by atoms with Crippen LogP contribution in [0.2, 0.25) is 0 Å². The number of amides is 1. The third-order valence-corrected chi connectivity index (χ3v) is 2.59. The fourth-order valence-corrected chi connectivity index (χ4v) is 1.46. The zero-order valence-corrected chi connectivity index (χ0v) is 11.5. The minimum atomic E-state index is -0.0507. The van der Waals surface area contributed by atoms with E-state index in [4.69, 9.17) is 0 Å². The third-order valence-electron chi connectivity index (χ3n) is 2.59. The Morgan fingerprint density at radius 2 is 2.11 bits per heavy atom. The van der Waals surface area contributed by atoms with E-state index >= 15 is 0 Å². The van der Waals surface area contributed by atoms with Crippen molar-refractivity contribution in [2.45, 2.75) is 33.6 Å². The molecule has 0 saturated carbocycles. The van der Waals surface area contributed by atoms with Crippen molar-refractivity contribution in [1.82, 2.24) is 10.3 Å². The van der Waals surface area contributed by atoms with E-state index in [1.807, 2.05) is 6.07 Å². The average Bonchev–Trinajstić information content (AvgIpc) is 2.36. The highest BCUT2D eigenvalue weighted by atomic mass is 16.1. The van der Waals surface area contributed by atoms with Gasteiger partial charge < -0.3 is 10.6 Å². The summed E-state index contributed by atoms with van der Waals surface area (Å²) in [6.07, 6.45) is 3.66. The van der Waals surface area contributed by atoms with Gasteiger partial charge in [-0.1, -0.05) is 20.8 Å².